The highest BCUT2D eigenvalue weighted by molar-refractivity contribution is 5.94. The number of benzene rings is 2. The molecule has 2 atom stereocenters. The van der Waals surface area contributed by atoms with E-state index in [1.165, 1.54) is 12.1 Å². The summed E-state index contributed by atoms with van der Waals surface area (Å²) in [4.78, 5) is 40.6. The molecule has 1 saturated carbocycles. The SMILES string of the molecule is CC(C)[C@@H](C(=O)NC1CC1)N1CC[C@@](CCCc2ccc(-c3ccc(F)cc3)cc2)(CC(=O)NO)C1=O. The molecule has 8 heteroatoms. The molecule has 2 aliphatic rings. The van der Waals surface area contributed by atoms with Gasteiger partial charge in [0.05, 0.1) is 5.41 Å². The Labute approximate surface area is 217 Å². The third-order valence-corrected chi connectivity index (χ3v) is 7.58. The maximum Gasteiger partial charge on any atom is 0.244 e. The molecule has 1 saturated heterocycles. The largest absolute Gasteiger partial charge is 0.352 e. The summed E-state index contributed by atoms with van der Waals surface area (Å²) in [5.74, 6) is -1.25. The number of nitrogens with zero attached hydrogens (tertiary/aromatic N) is 1. The van der Waals surface area contributed by atoms with Gasteiger partial charge in [0.25, 0.3) is 0 Å². The first kappa shape index (κ1) is 26.8. The Morgan fingerprint density at radius 3 is 2.27 bits per heavy atom. The Kier molecular flexibility index (Phi) is 8.27. The van der Waals surface area contributed by atoms with Crippen molar-refractivity contribution in [3.05, 3.63) is 59.9 Å². The minimum atomic E-state index is -0.951. The van der Waals surface area contributed by atoms with Crippen molar-refractivity contribution in [3.63, 3.8) is 0 Å². The second kappa shape index (κ2) is 11.4. The van der Waals surface area contributed by atoms with Gasteiger partial charge in [-0.25, -0.2) is 9.87 Å². The van der Waals surface area contributed by atoms with E-state index in [-0.39, 0.29) is 36.0 Å². The van der Waals surface area contributed by atoms with E-state index < -0.39 is 17.4 Å². The summed E-state index contributed by atoms with van der Waals surface area (Å²) in [7, 11) is 0. The van der Waals surface area contributed by atoms with Gasteiger partial charge >= 0.3 is 0 Å². The highest BCUT2D eigenvalue weighted by Crippen LogP contribution is 2.42. The van der Waals surface area contributed by atoms with Crippen LogP contribution in [0.4, 0.5) is 4.39 Å². The first-order valence-electron chi connectivity index (χ1n) is 13.1. The third-order valence-electron chi connectivity index (χ3n) is 7.58. The first-order valence-corrected chi connectivity index (χ1v) is 13.1. The molecular weight excluding hydrogens is 473 g/mol. The highest BCUT2D eigenvalue weighted by Gasteiger charge is 2.51. The summed E-state index contributed by atoms with van der Waals surface area (Å²) in [6, 6.07) is 14.0. The molecule has 2 aromatic rings. The standard InChI is InChI=1S/C29H36FN3O4/c1-19(2)26(27(35)31-24-13-14-24)33-17-16-29(28(33)36,18-25(34)32-37)15-3-4-20-5-7-21(8-6-20)22-9-11-23(30)12-10-22/h5-12,19,24,26,37H,3-4,13-18H2,1-2H3,(H,31,35)(H,32,34)/t26-,29-/m0/s1. The van der Waals surface area contributed by atoms with Gasteiger partial charge in [0.15, 0.2) is 0 Å². The molecule has 3 amide bonds. The van der Waals surface area contributed by atoms with Crippen LogP contribution in [0.3, 0.4) is 0 Å². The van der Waals surface area contributed by atoms with Crippen LogP contribution in [0.15, 0.2) is 48.5 Å². The van der Waals surface area contributed by atoms with Gasteiger partial charge in [-0.3, -0.25) is 19.6 Å². The number of hydrogen-bond donors (Lipinski definition) is 3. The highest BCUT2D eigenvalue weighted by atomic mass is 19.1. The third kappa shape index (κ3) is 6.36. The van der Waals surface area contributed by atoms with E-state index in [1.54, 1.807) is 22.5 Å². The number of carbonyl (C=O) groups is 3. The van der Waals surface area contributed by atoms with E-state index in [2.05, 4.69) is 5.32 Å². The quantitative estimate of drug-likeness (QED) is 0.312. The predicted octanol–water partition coefficient (Wildman–Crippen LogP) is 4.23. The number of carbonyl (C=O) groups excluding carboxylic acids is 3. The van der Waals surface area contributed by atoms with Crippen molar-refractivity contribution in [2.45, 2.75) is 70.9 Å². The van der Waals surface area contributed by atoms with Crippen LogP contribution in [-0.2, 0) is 20.8 Å². The fourth-order valence-electron chi connectivity index (χ4n) is 5.40. The van der Waals surface area contributed by atoms with Crippen LogP contribution in [-0.4, -0.2) is 46.5 Å². The Balaban J connectivity index is 1.43. The molecule has 198 valence electrons. The fraction of sp³-hybridized carbons (Fsp3) is 0.483. The maximum atomic E-state index is 13.8. The Morgan fingerprint density at radius 1 is 1.08 bits per heavy atom. The van der Waals surface area contributed by atoms with Crippen molar-refractivity contribution in [1.82, 2.24) is 15.7 Å². The zero-order valence-electron chi connectivity index (χ0n) is 21.5. The molecule has 2 aromatic carbocycles. The number of nitrogens with one attached hydrogen (secondary N) is 2. The summed E-state index contributed by atoms with van der Waals surface area (Å²) in [5.41, 5.74) is 3.75. The van der Waals surface area contributed by atoms with Gasteiger partial charge in [-0.1, -0.05) is 50.2 Å². The molecule has 3 N–H and O–H groups in total. The lowest BCUT2D eigenvalue weighted by atomic mass is 9.77. The number of aryl methyl sites for hydroxylation is 1. The summed E-state index contributed by atoms with van der Waals surface area (Å²) in [5, 5.41) is 12.2. The summed E-state index contributed by atoms with van der Waals surface area (Å²) in [6.07, 6.45) is 4.15. The van der Waals surface area contributed by atoms with E-state index in [4.69, 9.17) is 0 Å². The topological polar surface area (TPSA) is 98.7 Å². The number of halogens is 1. The average molecular weight is 510 g/mol. The van der Waals surface area contributed by atoms with Crippen molar-refractivity contribution in [2.24, 2.45) is 11.3 Å². The van der Waals surface area contributed by atoms with Crippen molar-refractivity contribution in [3.8, 4) is 11.1 Å². The lowest BCUT2D eigenvalue weighted by Crippen LogP contribution is -2.52. The van der Waals surface area contributed by atoms with E-state index in [0.717, 1.165) is 36.0 Å². The molecule has 0 bridgehead atoms. The molecule has 0 aromatic heterocycles. The van der Waals surface area contributed by atoms with Crippen molar-refractivity contribution in [2.75, 3.05) is 6.54 Å². The molecule has 1 aliphatic heterocycles. The van der Waals surface area contributed by atoms with Gasteiger partial charge in [-0.05, 0) is 73.3 Å². The van der Waals surface area contributed by atoms with Crippen LogP contribution < -0.4 is 10.8 Å². The minimum Gasteiger partial charge on any atom is -0.352 e. The van der Waals surface area contributed by atoms with Crippen LogP contribution in [0.25, 0.3) is 11.1 Å². The molecule has 1 aliphatic carbocycles. The van der Waals surface area contributed by atoms with Gasteiger partial charge in [-0.15, -0.1) is 0 Å². The lowest BCUT2D eigenvalue weighted by Gasteiger charge is -2.33. The van der Waals surface area contributed by atoms with Gasteiger partial charge in [0, 0.05) is 19.0 Å². The van der Waals surface area contributed by atoms with Crippen molar-refractivity contribution in [1.29, 1.82) is 0 Å². The van der Waals surface area contributed by atoms with Crippen LogP contribution in [0.5, 0.6) is 0 Å². The molecule has 7 nitrogen and oxygen atoms in total. The molecule has 0 radical (unpaired) electrons. The van der Waals surface area contributed by atoms with Crippen LogP contribution in [0.2, 0.25) is 0 Å². The minimum absolute atomic E-state index is 0.0650. The normalized spacial score (nSPS) is 20.2. The number of rotatable bonds is 11. The molecule has 1 heterocycles. The summed E-state index contributed by atoms with van der Waals surface area (Å²) < 4.78 is 13.2. The molecular formula is C29H36FN3O4. The Bertz CT molecular complexity index is 1110. The number of likely N-dealkylation sites (tertiary alicyclic amines) is 1. The first-order chi connectivity index (χ1) is 17.7. The molecule has 4 rings (SSSR count). The van der Waals surface area contributed by atoms with Crippen molar-refractivity contribution < 1.29 is 24.0 Å². The van der Waals surface area contributed by atoms with Crippen LogP contribution in [0.1, 0.15) is 57.9 Å². The predicted molar refractivity (Wildman–Crippen MR) is 138 cm³/mol. The van der Waals surface area contributed by atoms with E-state index in [0.29, 0.717) is 25.8 Å². The smallest absolute Gasteiger partial charge is 0.244 e. The van der Waals surface area contributed by atoms with Crippen molar-refractivity contribution >= 4 is 17.7 Å². The molecule has 37 heavy (non-hydrogen) atoms. The summed E-state index contributed by atoms with van der Waals surface area (Å²) in [6.45, 7) is 4.27. The maximum absolute atomic E-state index is 13.8. The van der Waals surface area contributed by atoms with E-state index >= 15 is 0 Å². The Morgan fingerprint density at radius 2 is 1.70 bits per heavy atom. The zero-order chi connectivity index (χ0) is 26.6. The Hall–Kier alpha value is -3.26. The molecule has 0 unspecified atom stereocenters. The van der Waals surface area contributed by atoms with Gasteiger partial charge in [-0.2, -0.15) is 0 Å². The van der Waals surface area contributed by atoms with Gasteiger partial charge < -0.3 is 10.2 Å². The molecule has 0 spiro atoms. The van der Waals surface area contributed by atoms with Crippen LogP contribution in [0, 0.1) is 17.2 Å². The lowest BCUT2D eigenvalue weighted by molar-refractivity contribution is -0.147. The monoisotopic (exact) mass is 509 g/mol. The number of hydroxylamine groups is 1. The second-order valence-electron chi connectivity index (χ2n) is 10.8. The van der Waals surface area contributed by atoms with Crippen LogP contribution >= 0.6 is 0 Å². The number of hydrogen-bond acceptors (Lipinski definition) is 4. The van der Waals surface area contributed by atoms with Gasteiger partial charge in [0.1, 0.15) is 11.9 Å². The number of amides is 3. The summed E-state index contributed by atoms with van der Waals surface area (Å²) >= 11 is 0. The van der Waals surface area contributed by atoms with E-state index in [9.17, 15) is 24.0 Å². The second-order valence-corrected chi connectivity index (χ2v) is 10.8. The fourth-order valence-corrected chi connectivity index (χ4v) is 5.40. The molecule has 2 fully saturated rings. The van der Waals surface area contributed by atoms with Gasteiger partial charge in [0.2, 0.25) is 17.7 Å². The zero-order valence-corrected chi connectivity index (χ0v) is 21.5. The average Bonchev–Trinajstić information content (AvgIpc) is 3.64. The van der Waals surface area contributed by atoms with E-state index in [1.807, 2.05) is 38.1 Å².